The molecule has 0 saturated heterocycles. The third-order valence-electron chi connectivity index (χ3n) is 2.66. The Morgan fingerprint density at radius 3 is 2.75 bits per heavy atom. The normalized spacial score (nSPS) is 10.3. The van der Waals surface area contributed by atoms with Crippen LogP contribution < -0.4 is 5.32 Å². The molecule has 7 heteroatoms. The standard InChI is InChI=1S/C13H11F2N3O2/c1-8-4-12(18(19)20)13(16-6-8)17-7-9-2-3-10(14)5-11(9)15/h2-6H,7H2,1H3,(H,16,17). The van der Waals surface area contributed by atoms with E-state index >= 15 is 0 Å². The average molecular weight is 279 g/mol. The van der Waals surface area contributed by atoms with Gasteiger partial charge in [-0.2, -0.15) is 0 Å². The number of rotatable bonds is 4. The van der Waals surface area contributed by atoms with E-state index in [1.807, 2.05) is 0 Å². The molecule has 0 fully saturated rings. The summed E-state index contributed by atoms with van der Waals surface area (Å²) in [5, 5.41) is 13.6. The van der Waals surface area contributed by atoms with Gasteiger partial charge in [0.25, 0.3) is 0 Å². The van der Waals surface area contributed by atoms with Crippen LogP contribution in [0.2, 0.25) is 0 Å². The summed E-state index contributed by atoms with van der Waals surface area (Å²) in [5.74, 6) is -1.35. The molecule has 2 aromatic rings. The summed E-state index contributed by atoms with van der Waals surface area (Å²) in [4.78, 5) is 14.2. The van der Waals surface area contributed by atoms with Crippen molar-refractivity contribution < 1.29 is 13.7 Å². The topological polar surface area (TPSA) is 68.1 Å². The molecule has 1 aromatic carbocycles. The van der Waals surface area contributed by atoms with Crippen molar-refractivity contribution in [3.05, 3.63) is 63.3 Å². The highest BCUT2D eigenvalue weighted by molar-refractivity contribution is 5.56. The van der Waals surface area contributed by atoms with Crippen LogP contribution in [0.15, 0.2) is 30.5 Å². The average Bonchev–Trinajstić information content (AvgIpc) is 2.38. The molecule has 0 unspecified atom stereocenters. The van der Waals surface area contributed by atoms with Crippen LogP contribution in [-0.2, 0) is 6.54 Å². The zero-order valence-electron chi connectivity index (χ0n) is 10.6. The first kappa shape index (κ1) is 13.9. The van der Waals surface area contributed by atoms with Crippen molar-refractivity contribution in [2.75, 3.05) is 5.32 Å². The summed E-state index contributed by atoms with van der Waals surface area (Å²) < 4.78 is 26.2. The van der Waals surface area contributed by atoms with E-state index in [1.165, 1.54) is 18.3 Å². The molecule has 104 valence electrons. The number of anilines is 1. The molecule has 1 aromatic heterocycles. The minimum Gasteiger partial charge on any atom is -0.360 e. The number of benzene rings is 1. The molecule has 0 atom stereocenters. The van der Waals surface area contributed by atoms with Crippen LogP contribution in [0.5, 0.6) is 0 Å². The summed E-state index contributed by atoms with van der Waals surface area (Å²) in [6, 6.07) is 4.53. The van der Waals surface area contributed by atoms with Gasteiger partial charge < -0.3 is 5.32 Å². The predicted octanol–water partition coefficient (Wildman–Crippen LogP) is 3.19. The molecule has 0 spiro atoms. The molecular formula is C13H11F2N3O2. The molecule has 5 nitrogen and oxygen atoms in total. The lowest BCUT2D eigenvalue weighted by Crippen LogP contribution is -2.06. The summed E-state index contributed by atoms with van der Waals surface area (Å²) >= 11 is 0. The Morgan fingerprint density at radius 2 is 2.10 bits per heavy atom. The summed E-state index contributed by atoms with van der Waals surface area (Å²) in [5.41, 5.74) is 0.658. The summed E-state index contributed by atoms with van der Waals surface area (Å²) in [7, 11) is 0. The molecule has 2 rings (SSSR count). The Hall–Kier alpha value is -2.57. The van der Waals surface area contributed by atoms with Gasteiger partial charge in [-0.15, -0.1) is 0 Å². The number of nitrogens with one attached hydrogen (secondary N) is 1. The molecule has 1 heterocycles. The number of aromatic nitrogens is 1. The maximum absolute atomic E-state index is 13.4. The number of nitro groups is 1. The second-order valence-electron chi connectivity index (χ2n) is 4.23. The quantitative estimate of drug-likeness (QED) is 0.689. The van der Waals surface area contributed by atoms with Gasteiger partial charge in [0.2, 0.25) is 5.82 Å². The molecule has 1 N–H and O–H groups in total. The summed E-state index contributed by atoms with van der Waals surface area (Å²) in [6.07, 6.45) is 1.47. The zero-order valence-corrected chi connectivity index (χ0v) is 10.6. The van der Waals surface area contributed by atoms with Crippen LogP contribution in [0, 0.1) is 28.7 Å². The Balaban J connectivity index is 2.20. The Bertz CT molecular complexity index is 662. The lowest BCUT2D eigenvalue weighted by molar-refractivity contribution is -0.384. The minimum atomic E-state index is -0.715. The summed E-state index contributed by atoms with van der Waals surface area (Å²) in [6.45, 7) is 1.66. The first-order valence-corrected chi connectivity index (χ1v) is 5.76. The first-order chi connectivity index (χ1) is 9.47. The van der Waals surface area contributed by atoms with Crippen LogP contribution in [0.25, 0.3) is 0 Å². The van der Waals surface area contributed by atoms with Gasteiger partial charge in [-0.1, -0.05) is 6.07 Å². The molecule has 0 bridgehead atoms. The van der Waals surface area contributed by atoms with Gasteiger partial charge in [0, 0.05) is 30.4 Å². The van der Waals surface area contributed by atoms with E-state index in [-0.39, 0.29) is 23.6 Å². The molecule has 0 aliphatic rings. The van der Waals surface area contributed by atoms with Crippen molar-refractivity contribution in [2.45, 2.75) is 13.5 Å². The van der Waals surface area contributed by atoms with Crippen molar-refractivity contribution >= 4 is 11.5 Å². The van der Waals surface area contributed by atoms with Crippen LogP contribution in [0.4, 0.5) is 20.3 Å². The molecule has 0 saturated carbocycles. The van der Waals surface area contributed by atoms with Gasteiger partial charge in [-0.3, -0.25) is 10.1 Å². The van der Waals surface area contributed by atoms with Crippen molar-refractivity contribution in [3.8, 4) is 0 Å². The first-order valence-electron chi connectivity index (χ1n) is 5.76. The second-order valence-corrected chi connectivity index (χ2v) is 4.23. The zero-order chi connectivity index (χ0) is 14.7. The fraction of sp³-hybridized carbons (Fsp3) is 0.154. The van der Waals surface area contributed by atoms with E-state index in [0.717, 1.165) is 12.1 Å². The van der Waals surface area contributed by atoms with Crippen molar-refractivity contribution in [1.82, 2.24) is 4.98 Å². The lowest BCUT2D eigenvalue weighted by atomic mass is 10.2. The van der Waals surface area contributed by atoms with Gasteiger partial charge >= 0.3 is 5.69 Å². The lowest BCUT2D eigenvalue weighted by Gasteiger charge is -2.07. The predicted molar refractivity (Wildman–Crippen MR) is 69.3 cm³/mol. The Kier molecular flexibility index (Phi) is 3.88. The minimum absolute atomic E-state index is 0.0248. The number of aryl methyl sites for hydroxylation is 1. The van der Waals surface area contributed by atoms with E-state index in [2.05, 4.69) is 10.3 Å². The number of hydrogen-bond acceptors (Lipinski definition) is 4. The van der Waals surface area contributed by atoms with Crippen molar-refractivity contribution in [1.29, 1.82) is 0 Å². The van der Waals surface area contributed by atoms with Crippen molar-refractivity contribution in [2.24, 2.45) is 0 Å². The largest absolute Gasteiger partial charge is 0.360 e. The van der Waals surface area contributed by atoms with Crippen LogP contribution in [-0.4, -0.2) is 9.91 Å². The molecule has 0 radical (unpaired) electrons. The van der Waals surface area contributed by atoms with Gasteiger partial charge in [0.1, 0.15) is 11.6 Å². The van der Waals surface area contributed by atoms with Gasteiger partial charge in [-0.05, 0) is 18.6 Å². The van der Waals surface area contributed by atoms with E-state index in [4.69, 9.17) is 0 Å². The Morgan fingerprint density at radius 1 is 1.35 bits per heavy atom. The van der Waals surface area contributed by atoms with E-state index in [0.29, 0.717) is 5.56 Å². The molecule has 0 amide bonds. The molecule has 0 aliphatic carbocycles. The molecule has 0 aliphatic heterocycles. The highest BCUT2D eigenvalue weighted by Gasteiger charge is 2.15. The van der Waals surface area contributed by atoms with E-state index in [1.54, 1.807) is 6.92 Å². The van der Waals surface area contributed by atoms with Crippen molar-refractivity contribution in [3.63, 3.8) is 0 Å². The van der Waals surface area contributed by atoms with Crippen LogP contribution >= 0.6 is 0 Å². The third-order valence-corrected chi connectivity index (χ3v) is 2.66. The SMILES string of the molecule is Cc1cnc(NCc2ccc(F)cc2F)c([N+](=O)[O-])c1. The fourth-order valence-corrected chi connectivity index (χ4v) is 1.67. The monoisotopic (exact) mass is 279 g/mol. The highest BCUT2D eigenvalue weighted by atomic mass is 19.1. The maximum atomic E-state index is 13.4. The number of nitrogens with zero attached hydrogens (tertiary/aromatic N) is 2. The van der Waals surface area contributed by atoms with Crippen LogP contribution in [0.1, 0.15) is 11.1 Å². The number of pyridine rings is 1. The smallest absolute Gasteiger partial charge is 0.311 e. The van der Waals surface area contributed by atoms with Gasteiger partial charge in [-0.25, -0.2) is 13.8 Å². The second kappa shape index (κ2) is 5.60. The number of hydrogen-bond donors (Lipinski definition) is 1. The molecular weight excluding hydrogens is 268 g/mol. The van der Waals surface area contributed by atoms with E-state index in [9.17, 15) is 18.9 Å². The fourth-order valence-electron chi connectivity index (χ4n) is 1.67. The number of halogens is 2. The third kappa shape index (κ3) is 3.05. The maximum Gasteiger partial charge on any atom is 0.311 e. The molecule has 20 heavy (non-hydrogen) atoms. The van der Waals surface area contributed by atoms with Crippen LogP contribution in [0.3, 0.4) is 0 Å². The Labute approximate surface area is 113 Å². The highest BCUT2D eigenvalue weighted by Crippen LogP contribution is 2.23. The van der Waals surface area contributed by atoms with Gasteiger partial charge in [0.15, 0.2) is 0 Å². The van der Waals surface area contributed by atoms with E-state index < -0.39 is 16.6 Å². The van der Waals surface area contributed by atoms with Gasteiger partial charge in [0.05, 0.1) is 4.92 Å².